The smallest absolute Gasteiger partial charge is 0.121 e. The maximum atomic E-state index is 5.50. The van der Waals surface area contributed by atoms with Crippen molar-refractivity contribution in [3.05, 3.63) is 41.4 Å². The van der Waals surface area contributed by atoms with Crippen molar-refractivity contribution in [1.29, 1.82) is 0 Å². The van der Waals surface area contributed by atoms with Crippen LogP contribution in [0.1, 0.15) is 6.92 Å². The van der Waals surface area contributed by atoms with E-state index in [-0.39, 0.29) is 6.10 Å². The average Bonchev–Trinajstić information content (AvgIpc) is 2.04. The first-order valence-corrected chi connectivity index (χ1v) is 4.56. The number of halogens is 1. The van der Waals surface area contributed by atoms with Gasteiger partial charge in [-0.3, -0.25) is 0 Å². The zero-order valence-electron chi connectivity index (χ0n) is 6.96. The Balaban J connectivity index is 2.69. The molecule has 0 aliphatic rings. The number of rotatable bonds is 3. The summed E-state index contributed by atoms with van der Waals surface area (Å²) in [6, 6.07) is 7.76. The summed E-state index contributed by atoms with van der Waals surface area (Å²) in [5, 5.41) is 0. The van der Waals surface area contributed by atoms with Crippen molar-refractivity contribution < 1.29 is 4.74 Å². The Bertz CT molecular complexity index is 270. The van der Waals surface area contributed by atoms with Gasteiger partial charge in [-0.15, -0.1) is 0 Å². The lowest BCUT2D eigenvalue weighted by Gasteiger charge is -2.09. The quantitative estimate of drug-likeness (QED) is 0.719. The predicted octanol–water partition coefficient (Wildman–Crippen LogP) is 3.40. The fourth-order valence-corrected chi connectivity index (χ4v) is 1.18. The lowest BCUT2D eigenvalue weighted by atomic mass is 10.3. The Kier molecular flexibility index (Phi) is 3.35. The molecule has 0 saturated carbocycles. The summed E-state index contributed by atoms with van der Waals surface area (Å²) in [6.07, 6.45) is 1.82. The van der Waals surface area contributed by atoms with Crippen molar-refractivity contribution in [3.8, 4) is 5.75 Å². The fourth-order valence-electron chi connectivity index (χ4n) is 0.803. The lowest BCUT2D eigenvalue weighted by molar-refractivity contribution is 0.270. The molecule has 0 fully saturated rings. The molecule has 0 amide bonds. The van der Waals surface area contributed by atoms with Crippen molar-refractivity contribution >= 4 is 15.9 Å². The van der Waals surface area contributed by atoms with Crippen LogP contribution >= 0.6 is 15.9 Å². The minimum Gasteiger partial charge on any atom is -0.487 e. The van der Waals surface area contributed by atoms with Gasteiger partial charge in [0, 0.05) is 4.47 Å². The van der Waals surface area contributed by atoms with Crippen LogP contribution in [-0.4, -0.2) is 6.10 Å². The molecule has 0 N–H and O–H groups in total. The zero-order chi connectivity index (χ0) is 8.97. The van der Waals surface area contributed by atoms with E-state index in [1.165, 1.54) is 0 Å². The molecule has 0 bridgehead atoms. The van der Waals surface area contributed by atoms with Gasteiger partial charge < -0.3 is 4.74 Å². The first-order valence-electron chi connectivity index (χ1n) is 3.77. The first-order chi connectivity index (χ1) is 5.72. The van der Waals surface area contributed by atoms with Crippen LogP contribution in [0.2, 0.25) is 0 Å². The normalized spacial score (nSPS) is 12.2. The van der Waals surface area contributed by atoms with E-state index in [2.05, 4.69) is 22.5 Å². The Morgan fingerprint density at radius 1 is 1.58 bits per heavy atom. The number of ether oxygens (including phenoxy) is 1. The standard InChI is InChI=1S/C10H11BrO/c1-3-8(2)12-10-6-4-5-9(11)7-10/h3-8H,1H2,2H3. The van der Waals surface area contributed by atoms with Crippen LogP contribution in [0.3, 0.4) is 0 Å². The topological polar surface area (TPSA) is 9.23 Å². The molecule has 64 valence electrons. The molecule has 0 spiro atoms. The number of benzene rings is 1. The zero-order valence-corrected chi connectivity index (χ0v) is 8.54. The lowest BCUT2D eigenvalue weighted by Crippen LogP contribution is -2.06. The summed E-state index contributed by atoms with van der Waals surface area (Å²) in [5.41, 5.74) is 0. The van der Waals surface area contributed by atoms with E-state index < -0.39 is 0 Å². The van der Waals surface area contributed by atoms with Gasteiger partial charge >= 0.3 is 0 Å². The predicted molar refractivity (Wildman–Crippen MR) is 54.4 cm³/mol. The van der Waals surface area contributed by atoms with Crippen molar-refractivity contribution in [2.45, 2.75) is 13.0 Å². The number of hydrogen-bond acceptors (Lipinski definition) is 1. The molecule has 1 atom stereocenters. The molecule has 1 rings (SSSR count). The van der Waals surface area contributed by atoms with Crippen molar-refractivity contribution in [1.82, 2.24) is 0 Å². The summed E-state index contributed by atoms with van der Waals surface area (Å²) in [4.78, 5) is 0. The van der Waals surface area contributed by atoms with Crippen molar-refractivity contribution in [3.63, 3.8) is 0 Å². The third-order valence-electron chi connectivity index (χ3n) is 1.45. The largest absolute Gasteiger partial charge is 0.487 e. The molecule has 1 nitrogen and oxygen atoms in total. The second-order valence-corrected chi connectivity index (χ2v) is 3.43. The van der Waals surface area contributed by atoms with Crippen LogP contribution in [0.15, 0.2) is 41.4 Å². The summed E-state index contributed by atoms with van der Waals surface area (Å²) in [6.45, 7) is 5.59. The molecule has 1 unspecified atom stereocenters. The highest BCUT2D eigenvalue weighted by Crippen LogP contribution is 2.18. The van der Waals surface area contributed by atoms with Gasteiger partial charge in [-0.25, -0.2) is 0 Å². The summed E-state index contributed by atoms with van der Waals surface area (Å²) >= 11 is 3.37. The van der Waals surface area contributed by atoms with Crippen LogP contribution in [-0.2, 0) is 0 Å². The molecule has 0 aromatic heterocycles. The van der Waals surface area contributed by atoms with E-state index in [0.29, 0.717) is 0 Å². The highest BCUT2D eigenvalue weighted by Gasteiger charge is 1.98. The van der Waals surface area contributed by atoms with Gasteiger partial charge in [0.1, 0.15) is 11.9 Å². The van der Waals surface area contributed by atoms with Crippen LogP contribution < -0.4 is 4.74 Å². The molecule has 2 heteroatoms. The highest BCUT2D eigenvalue weighted by molar-refractivity contribution is 9.10. The van der Waals surface area contributed by atoms with E-state index in [1.54, 1.807) is 6.08 Å². The molecule has 0 aliphatic carbocycles. The monoisotopic (exact) mass is 226 g/mol. The molecular formula is C10H11BrO. The van der Waals surface area contributed by atoms with Crippen LogP contribution in [0.4, 0.5) is 0 Å². The molecule has 12 heavy (non-hydrogen) atoms. The van der Waals surface area contributed by atoms with Gasteiger partial charge in [0.15, 0.2) is 0 Å². The van der Waals surface area contributed by atoms with E-state index in [4.69, 9.17) is 4.74 Å². The number of hydrogen-bond donors (Lipinski definition) is 0. The summed E-state index contributed by atoms with van der Waals surface area (Å²) in [5.74, 6) is 0.858. The average molecular weight is 227 g/mol. The summed E-state index contributed by atoms with van der Waals surface area (Å²) < 4.78 is 6.52. The van der Waals surface area contributed by atoms with Gasteiger partial charge in [-0.1, -0.05) is 34.7 Å². The van der Waals surface area contributed by atoms with Gasteiger partial charge in [-0.05, 0) is 25.1 Å². The molecule has 1 aromatic carbocycles. The van der Waals surface area contributed by atoms with Crippen LogP contribution in [0, 0.1) is 0 Å². The third kappa shape index (κ3) is 2.70. The molecule has 0 radical (unpaired) electrons. The van der Waals surface area contributed by atoms with Crippen LogP contribution in [0.25, 0.3) is 0 Å². The highest BCUT2D eigenvalue weighted by atomic mass is 79.9. The van der Waals surface area contributed by atoms with Crippen molar-refractivity contribution in [2.24, 2.45) is 0 Å². The van der Waals surface area contributed by atoms with E-state index >= 15 is 0 Å². The van der Waals surface area contributed by atoms with Gasteiger partial charge in [-0.2, -0.15) is 0 Å². The molecule has 0 heterocycles. The van der Waals surface area contributed by atoms with E-state index in [1.807, 2.05) is 31.2 Å². The Labute approximate surface area is 81.2 Å². The minimum atomic E-state index is 0.0549. The van der Waals surface area contributed by atoms with Crippen LogP contribution in [0.5, 0.6) is 5.75 Å². The Hall–Kier alpha value is -0.760. The maximum absolute atomic E-state index is 5.50. The molecule has 0 aliphatic heterocycles. The molecule has 0 saturated heterocycles. The molecule has 1 aromatic rings. The third-order valence-corrected chi connectivity index (χ3v) is 1.94. The molecular weight excluding hydrogens is 216 g/mol. The van der Waals surface area contributed by atoms with Gasteiger partial charge in [0.25, 0.3) is 0 Å². The maximum Gasteiger partial charge on any atom is 0.121 e. The second-order valence-electron chi connectivity index (χ2n) is 2.52. The Morgan fingerprint density at radius 2 is 2.33 bits per heavy atom. The fraction of sp³-hybridized carbons (Fsp3) is 0.200. The minimum absolute atomic E-state index is 0.0549. The van der Waals surface area contributed by atoms with E-state index in [9.17, 15) is 0 Å². The van der Waals surface area contributed by atoms with E-state index in [0.717, 1.165) is 10.2 Å². The van der Waals surface area contributed by atoms with Gasteiger partial charge in [0.2, 0.25) is 0 Å². The SMILES string of the molecule is C=CC(C)Oc1cccc(Br)c1. The van der Waals surface area contributed by atoms with Gasteiger partial charge in [0.05, 0.1) is 0 Å². The van der Waals surface area contributed by atoms with Crippen molar-refractivity contribution in [2.75, 3.05) is 0 Å². The summed E-state index contributed by atoms with van der Waals surface area (Å²) in [7, 11) is 0. The second kappa shape index (κ2) is 4.31. The first kappa shape index (κ1) is 9.33. The Morgan fingerprint density at radius 3 is 2.92 bits per heavy atom.